The fourth-order valence-corrected chi connectivity index (χ4v) is 3.48. The molecule has 1 atom stereocenters. The van der Waals surface area contributed by atoms with Crippen LogP contribution in [0.25, 0.3) is 11.3 Å². The van der Waals surface area contributed by atoms with Crippen LogP contribution in [0.2, 0.25) is 0 Å². The van der Waals surface area contributed by atoms with E-state index in [2.05, 4.69) is 10.6 Å². The molecule has 0 saturated heterocycles. The van der Waals surface area contributed by atoms with Crippen LogP contribution >= 0.6 is 0 Å². The van der Waals surface area contributed by atoms with Gasteiger partial charge in [0.1, 0.15) is 17.6 Å². The summed E-state index contributed by atoms with van der Waals surface area (Å²) in [6.45, 7) is 1.02. The Kier molecular flexibility index (Phi) is 5.58. The number of rotatable bonds is 7. The number of nitrogens with one attached hydrogen (secondary N) is 2. The van der Waals surface area contributed by atoms with Crippen LogP contribution in [0.5, 0.6) is 17.2 Å². The molecule has 0 aliphatic carbocycles. The summed E-state index contributed by atoms with van der Waals surface area (Å²) < 4.78 is 17.7. The van der Waals surface area contributed by atoms with Crippen molar-refractivity contribution < 1.29 is 19.0 Å². The number of aromatic nitrogens is 2. The lowest BCUT2D eigenvalue weighted by atomic mass is 10.1. The van der Waals surface area contributed by atoms with E-state index in [1.165, 1.54) is 0 Å². The molecule has 2 aromatic carbocycles. The van der Waals surface area contributed by atoms with E-state index < -0.39 is 0 Å². The molecule has 2 heterocycles. The fraction of sp³-hybridized carbons (Fsp3) is 0.273. The number of hydrogen-bond donors (Lipinski definition) is 2. The van der Waals surface area contributed by atoms with Crippen molar-refractivity contribution in [3.05, 3.63) is 59.8 Å². The summed E-state index contributed by atoms with van der Waals surface area (Å²) in [5.41, 5.74) is 3.16. The second-order valence-corrected chi connectivity index (χ2v) is 6.89. The highest BCUT2D eigenvalue weighted by Crippen LogP contribution is 2.28. The molecule has 1 aliphatic heterocycles. The molecule has 0 fully saturated rings. The standard InChI is InChI=1S/C22H24N4O4/c1-28-16-6-4-5-15(10-16)17-11-18-22(27)24-13-21(26(18)25-17)23-12-14-7-8-19(29-2)20(9-14)30-3/h4-11,21,23H,12-13H2,1-3H3,(H,24,27)/t21-/m1/s1. The van der Waals surface area contributed by atoms with Gasteiger partial charge in [-0.25, -0.2) is 4.68 Å². The van der Waals surface area contributed by atoms with Crippen molar-refractivity contribution in [2.24, 2.45) is 0 Å². The van der Waals surface area contributed by atoms with Gasteiger partial charge in [-0.3, -0.25) is 10.1 Å². The number of ether oxygens (including phenoxy) is 3. The fourth-order valence-electron chi connectivity index (χ4n) is 3.48. The molecule has 0 bridgehead atoms. The Morgan fingerprint density at radius 1 is 1.07 bits per heavy atom. The van der Waals surface area contributed by atoms with E-state index in [-0.39, 0.29) is 12.1 Å². The van der Waals surface area contributed by atoms with E-state index in [1.807, 2.05) is 42.5 Å². The first-order valence-corrected chi connectivity index (χ1v) is 9.59. The molecule has 1 aromatic heterocycles. The average Bonchev–Trinajstić information content (AvgIpc) is 3.25. The minimum Gasteiger partial charge on any atom is -0.497 e. The van der Waals surface area contributed by atoms with Crippen LogP contribution in [0.15, 0.2) is 48.5 Å². The summed E-state index contributed by atoms with van der Waals surface area (Å²) in [6.07, 6.45) is -0.176. The van der Waals surface area contributed by atoms with Crippen molar-refractivity contribution >= 4 is 5.91 Å². The molecule has 8 heteroatoms. The Morgan fingerprint density at radius 2 is 1.90 bits per heavy atom. The Morgan fingerprint density at radius 3 is 2.67 bits per heavy atom. The average molecular weight is 408 g/mol. The molecule has 0 radical (unpaired) electrons. The lowest BCUT2D eigenvalue weighted by molar-refractivity contribution is 0.0900. The highest BCUT2D eigenvalue weighted by Gasteiger charge is 2.27. The zero-order chi connectivity index (χ0) is 21.1. The largest absolute Gasteiger partial charge is 0.497 e. The first kappa shape index (κ1) is 19.8. The minimum atomic E-state index is -0.176. The van der Waals surface area contributed by atoms with E-state index in [0.717, 1.165) is 22.6 Å². The predicted octanol–water partition coefficient (Wildman–Crippen LogP) is 2.61. The summed E-state index contributed by atoms with van der Waals surface area (Å²) in [5, 5.41) is 11.1. The highest BCUT2D eigenvalue weighted by atomic mass is 16.5. The van der Waals surface area contributed by atoms with Crippen molar-refractivity contribution in [2.75, 3.05) is 27.9 Å². The summed E-state index contributed by atoms with van der Waals surface area (Å²) in [5.74, 6) is 1.96. The number of fused-ring (bicyclic) bond motifs is 1. The van der Waals surface area contributed by atoms with Crippen LogP contribution in [0.4, 0.5) is 0 Å². The normalized spacial score (nSPS) is 15.3. The van der Waals surface area contributed by atoms with Crippen molar-refractivity contribution in [2.45, 2.75) is 12.7 Å². The Balaban J connectivity index is 1.56. The lowest BCUT2D eigenvalue weighted by Crippen LogP contribution is -2.45. The SMILES string of the molecule is COc1cccc(-c2cc3n(n2)[C@@H](NCc2ccc(OC)c(OC)c2)CNC3=O)c1. The third kappa shape index (κ3) is 3.81. The second kappa shape index (κ2) is 8.46. The van der Waals surface area contributed by atoms with Gasteiger partial charge >= 0.3 is 0 Å². The van der Waals surface area contributed by atoms with Crippen LogP contribution in [0.3, 0.4) is 0 Å². The summed E-state index contributed by atoms with van der Waals surface area (Å²) >= 11 is 0. The van der Waals surface area contributed by atoms with Crippen molar-refractivity contribution in [1.29, 1.82) is 0 Å². The van der Waals surface area contributed by atoms with Gasteiger partial charge in [-0.15, -0.1) is 0 Å². The van der Waals surface area contributed by atoms with Gasteiger partial charge in [0.15, 0.2) is 11.5 Å². The maximum Gasteiger partial charge on any atom is 0.269 e. The highest BCUT2D eigenvalue weighted by molar-refractivity contribution is 5.94. The predicted molar refractivity (Wildman–Crippen MR) is 112 cm³/mol. The van der Waals surface area contributed by atoms with Crippen LogP contribution in [-0.4, -0.2) is 43.6 Å². The summed E-state index contributed by atoms with van der Waals surface area (Å²) in [6, 6.07) is 15.2. The van der Waals surface area contributed by atoms with Gasteiger partial charge in [0, 0.05) is 12.1 Å². The number of nitrogens with zero attached hydrogens (tertiary/aromatic N) is 2. The first-order chi connectivity index (χ1) is 14.6. The van der Waals surface area contributed by atoms with Gasteiger partial charge < -0.3 is 19.5 Å². The van der Waals surface area contributed by atoms with Crippen molar-refractivity contribution in [3.8, 4) is 28.5 Å². The van der Waals surface area contributed by atoms with E-state index >= 15 is 0 Å². The van der Waals surface area contributed by atoms with Gasteiger partial charge in [0.05, 0.1) is 33.6 Å². The number of benzene rings is 2. The Hall–Kier alpha value is -3.52. The van der Waals surface area contributed by atoms with Gasteiger partial charge in [-0.05, 0) is 35.9 Å². The zero-order valence-electron chi connectivity index (χ0n) is 17.1. The molecule has 8 nitrogen and oxygen atoms in total. The van der Waals surface area contributed by atoms with E-state index in [4.69, 9.17) is 19.3 Å². The maximum absolute atomic E-state index is 12.4. The monoisotopic (exact) mass is 408 g/mol. The van der Waals surface area contributed by atoms with E-state index in [9.17, 15) is 4.79 Å². The van der Waals surface area contributed by atoms with E-state index in [0.29, 0.717) is 30.3 Å². The molecule has 0 spiro atoms. The number of methoxy groups -OCH3 is 3. The molecule has 1 amide bonds. The Bertz CT molecular complexity index is 1060. The summed E-state index contributed by atoms with van der Waals surface area (Å²) in [7, 11) is 4.85. The van der Waals surface area contributed by atoms with E-state index in [1.54, 1.807) is 32.1 Å². The summed E-state index contributed by atoms with van der Waals surface area (Å²) in [4.78, 5) is 12.4. The van der Waals surface area contributed by atoms with Gasteiger partial charge in [0.25, 0.3) is 5.91 Å². The molecule has 156 valence electrons. The molecule has 4 rings (SSSR count). The molecule has 1 aliphatic rings. The lowest BCUT2D eigenvalue weighted by Gasteiger charge is -2.26. The molecular formula is C22H24N4O4. The van der Waals surface area contributed by atoms with Crippen LogP contribution in [0.1, 0.15) is 22.2 Å². The number of carbonyl (C=O) groups is 1. The number of amides is 1. The molecule has 3 aromatic rings. The first-order valence-electron chi connectivity index (χ1n) is 9.59. The van der Waals surface area contributed by atoms with Crippen LogP contribution in [-0.2, 0) is 6.54 Å². The second-order valence-electron chi connectivity index (χ2n) is 6.89. The minimum absolute atomic E-state index is 0.138. The number of hydrogen-bond acceptors (Lipinski definition) is 6. The molecule has 30 heavy (non-hydrogen) atoms. The molecule has 0 unspecified atom stereocenters. The van der Waals surface area contributed by atoms with Crippen molar-refractivity contribution in [3.63, 3.8) is 0 Å². The van der Waals surface area contributed by atoms with Crippen LogP contribution < -0.4 is 24.8 Å². The smallest absolute Gasteiger partial charge is 0.269 e. The third-order valence-electron chi connectivity index (χ3n) is 5.07. The Labute approximate surface area is 174 Å². The maximum atomic E-state index is 12.4. The zero-order valence-corrected chi connectivity index (χ0v) is 17.1. The van der Waals surface area contributed by atoms with Crippen LogP contribution in [0, 0.1) is 0 Å². The number of carbonyl (C=O) groups excluding carboxylic acids is 1. The topological polar surface area (TPSA) is 86.6 Å². The van der Waals surface area contributed by atoms with Gasteiger partial charge in [-0.2, -0.15) is 5.10 Å². The third-order valence-corrected chi connectivity index (χ3v) is 5.07. The van der Waals surface area contributed by atoms with Gasteiger partial charge in [0.2, 0.25) is 0 Å². The molecule has 0 saturated carbocycles. The quantitative estimate of drug-likeness (QED) is 0.625. The van der Waals surface area contributed by atoms with Crippen molar-refractivity contribution in [1.82, 2.24) is 20.4 Å². The molecular weight excluding hydrogens is 384 g/mol. The molecule has 2 N–H and O–H groups in total. The van der Waals surface area contributed by atoms with Gasteiger partial charge in [-0.1, -0.05) is 18.2 Å².